The highest BCUT2D eigenvalue weighted by Gasteiger charge is 2.38. The Morgan fingerprint density at radius 3 is 2.35 bits per heavy atom. The number of nitrogens with one attached hydrogen (secondary N) is 1. The predicted octanol–water partition coefficient (Wildman–Crippen LogP) is 2.52. The molecule has 0 radical (unpaired) electrons. The number of ether oxygens (including phenoxy) is 2. The largest absolute Gasteiger partial charge is 0.419 e. The van der Waals surface area contributed by atoms with Crippen molar-refractivity contribution in [2.24, 2.45) is 0 Å². The Morgan fingerprint density at radius 1 is 1.20 bits per heavy atom. The summed E-state index contributed by atoms with van der Waals surface area (Å²) in [6, 6.07) is 2.93. The molecule has 1 aromatic heterocycles. The molecular formula is C12H10Cl2N2O4. The second-order valence-corrected chi connectivity index (χ2v) is 5.20. The fourth-order valence-electron chi connectivity index (χ4n) is 1.46. The molecule has 2 rings (SSSR count). The molecule has 0 amide bonds. The molecule has 20 heavy (non-hydrogen) atoms. The summed E-state index contributed by atoms with van der Waals surface area (Å²) in [5.41, 5.74) is -0.276. The van der Waals surface area contributed by atoms with E-state index in [1.165, 1.54) is 26.0 Å². The molecule has 0 saturated carbocycles. The van der Waals surface area contributed by atoms with E-state index in [1.807, 2.05) is 0 Å². The third-order valence-corrected chi connectivity index (χ3v) is 2.65. The third kappa shape index (κ3) is 3.40. The maximum atomic E-state index is 11.7. The number of anilines is 1. The van der Waals surface area contributed by atoms with E-state index in [-0.39, 0.29) is 16.5 Å². The standard InChI is InChI=1S/C12H10Cl2N2O4/c1-12(2)19-10(17)7(11(18)20-12)5-15-9-4-6(13)3-8(14)16-9/h3-5H,1-2H3,(H,15,16). The van der Waals surface area contributed by atoms with Gasteiger partial charge in [0.25, 0.3) is 5.79 Å². The van der Waals surface area contributed by atoms with Gasteiger partial charge >= 0.3 is 11.9 Å². The number of nitrogens with zero attached hydrogens (tertiary/aromatic N) is 1. The van der Waals surface area contributed by atoms with Gasteiger partial charge in [0.2, 0.25) is 0 Å². The Bertz CT molecular complexity index is 571. The van der Waals surface area contributed by atoms with Gasteiger partial charge < -0.3 is 14.8 Å². The van der Waals surface area contributed by atoms with Gasteiger partial charge in [0.15, 0.2) is 5.57 Å². The summed E-state index contributed by atoms with van der Waals surface area (Å²) >= 11 is 11.5. The fourth-order valence-corrected chi connectivity index (χ4v) is 1.94. The first-order chi connectivity index (χ1) is 9.27. The predicted molar refractivity (Wildman–Crippen MR) is 72.2 cm³/mol. The van der Waals surface area contributed by atoms with Crippen molar-refractivity contribution in [3.05, 3.63) is 34.1 Å². The Morgan fingerprint density at radius 2 is 1.80 bits per heavy atom. The molecule has 0 aliphatic carbocycles. The summed E-state index contributed by atoms with van der Waals surface area (Å²) < 4.78 is 9.86. The monoisotopic (exact) mass is 316 g/mol. The molecule has 106 valence electrons. The van der Waals surface area contributed by atoms with Gasteiger partial charge in [-0.2, -0.15) is 0 Å². The average Bonchev–Trinajstić information content (AvgIpc) is 2.24. The molecule has 1 saturated heterocycles. The van der Waals surface area contributed by atoms with Crippen molar-refractivity contribution in [3.8, 4) is 0 Å². The highest BCUT2D eigenvalue weighted by Crippen LogP contribution is 2.23. The van der Waals surface area contributed by atoms with Crippen LogP contribution >= 0.6 is 23.2 Å². The van der Waals surface area contributed by atoms with Crippen molar-refractivity contribution >= 4 is 41.0 Å². The normalized spacial score (nSPS) is 17.3. The summed E-state index contributed by atoms with van der Waals surface area (Å²) in [6.07, 6.45) is 1.13. The molecule has 1 fully saturated rings. The zero-order valence-electron chi connectivity index (χ0n) is 10.6. The molecule has 8 heteroatoms. The van der Waals surface area contributed by atoms with Crippen LogP contribution in [0, 0.1) is 0 Å². The number of esters is 2. The Hall–Kier alpha value is -1.79. The number of carbonyl (C=O) groups is 2. The minimum Gasteiger partial charge on any atom is -0.419 e. The lowest BCUT2D eigenvalue weighted by Crippen LogP contribution is -2.42. The van der Waals surface area contributed by atoms with E-state index in [0.717, 1.165) is 6.20 Å². The van der Waals surface area contributed by atoms with Gasteiger partial charge in [-0.05, 0) is 12.1 Å². The number of cyclic esters (lactones) is 2. The summed E-state index contributed by atoms with van der Waals surface area (Å²) in [7, 11) is 0. The first kappa shape index (κ1) is 14.6. The zero-order valence-corrected chi connectivity index (χ0v) is 12.1. The van der Waals surface area contributed by atoms with E-state index in [1.54, 1.807) is 0 Å². The van der Waals surface area contributed by atoms with Crippen LogP contribution in [0.4, 0.5) is 5.82 Å². The molecule has 1 aliphatic rings. The lowest BCUT2D eigenvalue weighted by molar-refractivity contribution is -0.222. The van der Waals surface area contributed by atoms with E-state index < -0.39 is 17.7 Å². The van der Waals surface area contributed by atoms with Crippen LogP contribution in [0.2, 0.25) is 10.2 Å². The average molecular weight is 317 g/mol. The lowest BCUT2D eigenvalue weighted by atomic mass is 10.2. The smallest absolute Gasteiger partial charge is 0.350 e. The van der Waals surface area contributed by atoms with Crippen LogP contribution < -0.4 is 5.32 Å². The molecule has 0 unspecified atom stereocenters. The molecule has 0 spiro atoms. The summed E-state index contributed by atoms with van der Waals surface area (Å²) in [6.45, 7) is 2.93. The van der Waals surface area contributed by atoms with Gasteiger partial charge in [-0.1, -0.05) is 23.2 Å². The molecule has 0 atom stereocenters. The topological polar surface area (TPSA) is 77.5 Å². The number of rotatable bonds is 2. The van der Waals surface area contributed by atoms with Gasteiger partial charge in [-0.15, -0.1) is 0 Å². The second kappa shape index (κ2) is 5.30. The van der Waals surface area contributed by atoms with Gasteiger partial charge in [-0.25, -0.2) is 14.6 Å². The number of carbonyl (C=O) groups excluding carboxylic acids is 2. The Labute approximate surface area is 124 Å². The van der Waals surface area contributed by atoms with Crippen molar-refractivity contribution in [1.29, 1.82) is 0 Å². The fraction of sp³-hybridized carbons (Fsp3) is 0.250. The molecule has 2 heterocycles. The van der Waals surface area contributed by atoms with Gasteiger partial charge in [0, 0.05) is 25.1 Å². The zero-order chi connectivity index (χ0) is 14.9. The maximum absolute atomic E-state index is 11.7. The van der Waals surface area contributed by atoms with Crippen molar-refractivity contribution in [2.45, 2.75) is 19.6 Å². The Balaban J connectivity index is 2.19. The van der Waals surface area contributed by atoms with Gasteiger partial charge in [0.1, 0.15) is 11.0 Å². The van der Waals surface area contributed by atoms with Crippen LogP contribution in [-0.4, -0.2) is 22.7 Å². The molecule has 0 aromatic carbocycles. The summed E-state index contributed by atoms with van der Waals surface area (Å²) in [5.74, 6) is -2.57. The van der Waals surface area contributed by atoms with Crippen molar-refractivity contribution in [2.75, 3.05) is 5.32 Å². The van der Waals surface area contributed by atoms with E-state index in [2.05, 4.69) is 10.3 Å². The van der Waals surface area contributed by atoms with E-state index in [9.17, 15) is 9.59 Å². The minimum absolute atomic E-state index is 0.174. The quantitative estimate of drug-likeness (QED) is 0.391. The Kier molecular flexibility index (Phi) is 3.87. The maximum Gasteiger partial charge on any atom is 0.350 e. The van der Waals surface area contributed by atoms with Crippen LogP contribution in [0.15, 0.2) is 23.9 Å². The third-order valence-electron chi connectivity index (χ3n) is 2.24. The molecule has 1 N–H and O–H groups in total. The number of aromatic nitrogens is 1. The van der Waals surface area contributed by atoms with Gasteiger partial charge in [-0.3, -0.25) is 0 Å². The number of hydrogen-bond acceptors (Lipinski definition) is 6. The van der Waals surface area contributed by atoms with Crippen molar-refractivity contribution < 1.29 is 19.1 Å². The van der Waals surface area contributed by atoms with Crippen LogP contribution in [0.1, 0.15) is 13.8 Å². The van der Waals surface area contributed by atoms with Crippen LogP contribution in [-0.2, 0) is 19.1 Å². The highest BCUT2D eigenvalue weighted by molar-refractivity contribution is 6.34. The first-order valence-corrected chi connectivity index (χ1v) is 6.29. The van der Waals surface area contributed by atoms with Gasteiger partial charge in [0.05, 0.1) is 0 Å². The number of pyridine rings is 1. The summed E-state index contributed by atoms with van der Waals surface area (Å²) in [4.78, 5) is 27.3. The lowest BCUT2D eigenvalue weighted by Gasteiger charge is -2.29. The first-order valence-electron chi connectivity index (χ1n) is 5.53. The van der Waals surface area contributed by atoms with Crippen molar-refractivity contribution in [3.63, 3.8) is 0 Å². The molecular weight excluding hydrogens is 307 g/mol. The number of halogens is 2. The highest BCUT2D eigenvalue weighted by atomic mass is 35.5. The van der Waals surface area contributed by atoms with E-state index in [4.69, 9.17) is 32.7 Å². The molecule has 1 aromatic rings. The summed E-state index contributed by atoms with van der Waals surface area (Å²) in [5, 5.41) is 3.18. The van der Waals surface area contributed by atoms with Crippen LogP contribution in [0.3, 0.4) is 0 Å². The molecule has 0 bridgehead atoms. The molecule has 1 aliphatic heterocycles. The number of hydrogen-bond donors (Lipinski definition) is 1. The molecule has 6 nitrogen and oxygen atoms in total. The SMILES string of the molecule is CC1(C)OC(=O)C(=CNc2cc(Cl)cc(Cl)n2)C(=O)O1. The second-order valence-electron chi connectivity index (χ2n) is 4.37. The van der Waals surface area contributed by atoms with E-state index >= 15 is 0 Å². The van der Waals surface area contributed by atoms with Crippen LogP contribution in [0.5, 0.6) is 0 Å². The van der Waals surface area contributed by atoms with Crippen molar-refractivity contribution in [1.82, 2.24) is 4.98 Å². The van der Waals surface area contributed by atoms with E-state index in [0.29, 0.717) is 5.02 Å². The minimum atomic E-state index is -1.27. The van der Waals surface area contributed by atoms with Crippen LogP contribution in [0.25, 0.3) is 0 Å².